The van der Waals surface area contributed by atoms with E-state index < -0.39 is 0 Å². The monoisotopic (exact) mass is 288 g/mol. The van der Waals surface area contributed by atoms with Crippen LogP contribution in [0.2, 0.25) is 0 Å². The molecule has 0 saturated carbocycles. The van der Waals surface area contributed by atoms with Gasteiger partial charge in [-0.25, -0.2) is 10.0 Å². The summed E-state index contributed by atoms with van der Waals surface area (Å²) in [5, 5.41) is 1.33. The molecule has 0 aliphatic carbocycles. The molecule has 112 valence electrons. The molecule has 1 amide bonds. The Morgan fingerprint density at radius 1 is 1.29 bits per heavy atom. The minimum Gasteiger partial charge on any atom is -0.445 e. The summed E-state index contributed by atoms with van der Waals surface area (Å²) in [6, 6.07) is 7.69. The number of carbonyl (C=O) groups excluding carboxylic acids is 1. The molecule has 21 heavy (non-hydrogen) atoms. The van der Waals surface area contributed by atoms with Gasteiger partial charge >= 0.3 is 0 Å². The number of rotatable bonds is 4. The molecule has 2 rings (SSSR count). The van der Waals surface area contributed by atoms with E-state index in [-0.39, 0.29) is 17.6 Å². The number of hydroxylamine groups is 2. The molecule has 0 unspecified atom stereocenters. The minimum absolute atomic E-state index is 0.222. The van der Waals surface area contributed by atoms with Crippen molar-refractivity contribution in [2.24, 2.45) is 0 Å². The number of hydrogen-bond donors (Lipinski definition) is 0. The third-order valence-corrected chi connectivity index (χ3v) is 3.49. The second-order valence-corrected chi connectivity index (χ2v) is 4.98. The number of hydrogen-bond acceptors (Lipinski definition) is 4. The number of nitrogens with zero attached hydrogens (tertiary/aromatic N) is 2. The molecule has 0 N–H and O–H groups in total. The average molecular weight is 288 g/mol. The second kappa shape index (κ2) is 6.10. The van der Waals surface area contributed by atoms with Gasteiger partial charge in [0.15, 0.2) is 11.6 Å². The first-order valence-corrected chi connectivity index (χ1v) is 6.83. The van der Waals surface area contributed by atoms with E-state index in [0.717, 1.165) is 11.1 Å². The average Bonchev–Trinajstić information content (AvgIpc) is 2.78. The maximum absolute atomic E-state index is 12.6. The van der Waals surface area contributed by atoms with E-state index in [1.165, 1.54) is 12.2 Å². The van der Waals surface area contributed by atoms with Crippen molar-refractivity contribution < 1.29 is 14.0 Å². The standard InChI is InChI=1S/C16H20N2O3/c1-10-8-6-7-9-14(10)11(2)18(20-5)16(19)15-12(3)21-13(4)17-15/h6-9,11H,1-5H3/t11-/m0/s1. The zero-order valence-electron chi connectivity index (χ0n) is 13.0. The zero-order chi connectivity index (χ0) is 15.6. The van der Waals surface area contributed by atoms with Crippen LogP contribution in [0.4, 0.5) is 0 Å². The predicted molar refractivity (Wildman–Crippen MR) is 78.7 cm³/mol. The van der Waals surface area contributed by atoms with Crippen molar-refractivity contribution in [3.63, 3.8) is 0 Å². The van der Waals surface area contributed by atoms with Crippen LogP contribution in [0.1, 0.15) is 46.2 Å². The highest BCUT2D eigenvalue weighted by atomic mass is 16.7. The number of amides is 1. The molecule has 0 saturated heterocycles. The van der Waals surface area contributed by atoms with Crippen molar-refractivity contribution >= 4 is 5.91 Å². The maximum Gasteiger partial charge on any atom is 0.300 e. The fourth-order valence-electron chi connectivity index (χ4n) is 2.43. The van der Waals surface area contributed by atoms with Crippen LogP contribution in [0.3, 0.4) is 0 Å². The Kier molecular flexibility index (Phi) is 4.43. The van der Waals surface area contributed by atoms with Crippen molar-refractivity contribution in [2.75, 3.05) is 7.11 Å². The first-order valence-electron chi connectivity index (χ1n) is 6.83. The normalized spacial score (nSPS) is 12.2. The van der Waals surface area contributed by atoms with E-state index in [0.29, 0.717) is 11.7 Å². The molecule has 0 bridgehead atoms. The summed E-state index contributed by atoms with van der Waals surface area (Å²) >= 11 is 0. The first kappa shape index (κ1) is 15.3. The number of carbonyl (C=O) groups is 1. The lowest BCUT2D eigenvalue weighted by molar-refractivity contribution is -0.121. The number of aryl methyl sites for hydroxylation is 3. The van der Waals surface area contributed by atoms with Gasteiger partial charge in [0, 0.05) is 6.92 Å². The molecule has 0 aliphatic heterocycles. The molecule has 0 radical (unpaired) electrons. The summed E-state index contributed by atoms with van der Waals surface area (Å²) in [5.41, 5.74) is 2.42. The highest BCUT2D eigenvalue weighted by Crippen LogP contribution is 2.25. The van der Waals surface area contributed by atoms with Crippen LogP contribution in [-0.4, -0.2) is 23.1 Å². The molecular formula is C16H20N2O3. The van der Waals surface area contributed by atoms with Crippen molar-refractivity contribution in [3.8, 4) is 0 Å². The van der Waals surface area contributed by atoms with Gasteiger partial charge in [-0.05, 0) is 31.9 Å². The van der Waals surface area contributed by atoms with Crippen molar-refractivity contribution in [1.29, 1.82) is 0 Å². The Morgan fingerprint density at radius 3 is 2.48 bits per heavy atom. The molecular weight excluding hydrogens is 268 g/mol. The lowest BCUT2D eigenvalue weighted by atomic mass is 10.0. The summed E-state index contributed by atoms with van der Waals surface area (Å²) < 4.78 is 5.33. The first-order chi connectivity index (χ1) is 9.95. The van der Waals surface area contributed by atoms with Crippen LogP contribution in [-0.2, 0) is 4.84 Å². The van der Waals surface area contributed by atoms with Gasteiger partial charge in [-0.1, -0.05) is 24.3 Å². The van der Waals surface area contributed by atoms with Gasteiger partial charge in [-0.3, -0.25) is 9.63 Å². The molecule has 1 heterocycles. The van der Waals surface area contributed by atoms with Crippen LogP contribution < -0.4 is 0 Å². The molecule has 5 nitrogen and oxygen atoms in total. The van der Waals surface area contributed by atoms with Crippen molar-refractivity contribution in [2.45, 2.75) is 33.7 Å². The number of aromatic nitrogens is 1. The number of benzene rings is 1. The summed E-state index contributed by atoms with van der Waals surface area (Å²) in [6.07, 6.45) is 0. The highest BCUT2D eigenvalue weighted by molar-refractivity contribution is 5.92. The minimum atomic E-state index is -0.303. The van der Waals surface area contributed by atoms with Gasteiger partial charge in [-0.2, -0.15) is 0 Å². The van der Waals surface area contributed by atoms with E-state index in [9.17, 15) is 4.79 Å². The summed E-state index contributed by atoms with van der Waals surface area (Å²) in [4.78, 5) is 22.1. The van der Waals surface area contributed by atoms with Crippen LogP contribution >= 0.6 is 0 Å². The molecule has 0 fully saturated rings. The fraction of sp³-hybridized carbons (Fsp3) is 0.375. The smallest absolute Gasteiger partial charge is 0.300 e. The molecule has 1 atom stereocenters. The van der Waals surface area contributed by atoms with E-state index in [4.69, 9.17) is 9.25 Å². The summed E-state index contributed by atoms with van der Waals surface area (Å²) in [6.45, 7) is 7.37. The Balaban J connectivity index is 2.33. The largest absolute Gasteiger partial charge is 0.445 e. The molecule has 1 aromatic heterocycles. The van der Waals surface area contributed by atoms with Gasteiger partial charge in [0.05, 0.1) is 13.2 Å². The molecule has 5 heteroatoms. The van der Waals surface area contributed by atoms with Crippen molar-refractivity contribution in [1.82, 2.24) is 10.0 Å². The predicted octanol–water partition coefficient (Wildman–Crippen LogP) is 3.36. The highest BCUT2D eigenvalue weighted by Gasteiger charge is 2.28. The lowest BCUT2D eigenvalue weighted by Crippen LogP contribution is -2.33. The maximum atomic E-state index is 12.6. The van der Waals surface area contributed by atoms with Crippen LogP contribution in [0, 0.1) is 20.8 Å². The van der Waals surface area contributed by atoms with Crippen LogP contribution in [0.15, 0.2) is 28.7 Å². The van der Waals surface area contributed by atoms with Gasteiger partial charge in [0.1, 0.15) is 5.76 Å². The topological polar surface area (TPSA) is 55.6 Å². The van der Waals surface area contributed by atoms with E-state index in [1.54, 1.807) is 13.8 Å². The van der Waals surface area contributed by atoms with E-state index in [2.05, 4.69) is 4.98 Å². The molecule has 0 aliphatic rings. The van der Waals surface area contributed by atoms with E-state index >= 15 is 0 Å². The van der Waals surface area contributed by atoms with Crippen molar-refractivity contribution in [3.05, 3.63) is 52.7 Å². The number of oxazole rings is 1. The van der Waals surface area contributed by atoms with Gasteiger partial charge in [0.2, 0.25) is 0 Å². The molecule has 0 spiro atoms. The Hall–Kier alpha value is -2.14. The summed E-state index contributed by atoms with van der Waals surface area (Å²) in [7, 11) is 1.48. The fourth-order valence-corrected chi connectivity index (χ4v) is 2.43. The Bertz CT molecular complexity index is 649. The Morgan fingerprint density at radius 2 is 1.95 bits per heavy atom. The quantitative estimate of drug-likeness (QED) is 0.809. The molecule has 2 aromatic rings. The third kappa shape index (κ3) is 2.97. The SMILES string of the molecule is CON(C(=O)c1nc(C)oc1C)[C@@H](C)c1ccccc1C. The Labute approximate surface area is 124 Å². The van der Waals surface area contributed by atoms with Crippen LogP contribution in [0.5, 0.6) is 0 Å². The summed E-state index contributed by atoms with van der Waals surface area (Å²) in [5.74, 6) is 0.662. The zero-order valence-corrected chi connectivity index (χ0v) is 13.0. The van der Waals surface area contributed by atoms with Gasteiger partial charge < -0.3 is 4.42 Å². The third-order valence-electron chi connectivity index (χ3n) is 3.49. The van der Waals surface area contributed by atoms with E-state index in [1.807, 2.05) is 38.1 Å². The van der Waals surface area contributed by atoms with Crippen LogP contribution in [0.25, 0.3) is 0 Å². The molecule has 1 aromatic carbocycles. The van der Waals surface area contributed by atoms with Gasteiger partial charge in [-0.15, -0.1) is 0 Å². The lowest BCUT2D eigenvalue weighted by Gasteiger charge is -2.27. The van der Waals surface area contributed by atoms with Gasteiger partial charge in [0.25, 0.3) is 5.91 Å². The second-order valence-electron chi connectivity index (χ2n) is 4.98.